The molecule has 2 unspecified atom stereocenters. The summed E-state index contributed by atoms with van der Waals surface area (Å²) in [5.41, 5.74) is 5.04. The maximum absolute atomic E-state index is 13.3. The number of H-pyrrole nitrogens is 1. The largest absolute Gasteiger partial charge is 0.453 e. The monoisotopic (exact) mass is 783 g/mol. The van der Waals surface area contributed by atoms with Crippen molar-refractivity contribution in [2.24, 2.45) is 5.92 Å². The van der Waals surface area contributed by atoms with Crippen molar-refractivity contribution in [3.05, 3.63) is 78.2 Å². The number of imidazole rings is 1. The number of carbonyl (C=O) groups excluding carboxylic acids is 5. The molecule has 5 rings (SSSR count). The molecular weight excluding hydrogens is 727 g/mol. The van der Waals surface area contributed by atoms with Crippen LogP contribution in [0.3, 0.4) is 0 Å². The van der Waals surface area contributed by atoms with E-state index in [-0.39, 0.29) is 30.2 Å². The van der Waals surface area contributed by atoms with Gasteiger partial charge in [0.05, 0.1) is 32.7 Å². The minimum Gasteiger partial charge on any atom is -0.453 e. The van der Waals surface area contributed by atoms with Crippen molar-refractivity contribution >= 4 is 40.7 Å². The van der Waals surface area contributed by atoms with Crippen LogP contribution in [0.1, 0.15) is 71.2 Å². The molecule has 1 aromatic heterocycles. The number of nitrogens with zero attached hydrogens (tertiary/aromatic N) is 2. The summed E-state index contributed by atoms with van der Waals surface area (Å²) in [6.45, 7) is 9.11. The van der Waals surface area contributed by atoms with Gasteiger partial charge < -0.3 is 40.6 Å². The van der Waals surface area contributed by atoms with Crippen molar-refractivity contribution < 1.29 is 33.4 Å². The van der Waals surface area contributed by atoms with Gasteiger partial charge in [-0.3, -0.25) is 14.4 Å². The number of hydrogen-bond acceptors (Lipinski definition) is 8. The van der Waals surface area contributed by atoms with E-state index in [1.165, 1.54) is 20.6 Å². The number of amides is 5. The van der Waals surface area contributed by atoms with Crippen molar-refractivity contribution in [1.82, 2.24) is 36.1 Å². The molecule has 14 nitrogen and oxygen atoms in total. The highest BCUT2D eigenvalue weighted by Gasteiger charge is 2.38. The first kappa shape index (κ1) is 43.8. The minimum atomic E-state index is -0.775. The Morgan fingerprint density at radius 3 is 2.16 bits per heavy atom. The number of methoxy groups -OCH3 is 2. The fourth-order valence-electron chi connectivity index (χ4n) is 6.46. The molecule has 4 aromatic rings. The number of unbranched alkanes of at least 4 members (excludes halogenated alkanes) is 1. The molecular formula is C43H57N7O7. The molecule has 5 amide bonds. The first-order valence-electron chi connectivity index (χ1n) is 19.7. The average molecular weight is 784 g/mol. The van der Waals surface area contributed by atoms with E-state index < -0.39 is 24.3 Å². The Kier molecular flexibility index (Phi) is 16.9. The van der Waals surface area contributed by atoms with Crippen molar-refractivity contribution in [3.63, 3.8) is 0 Å². The third kappa shape index (κ3) is 12.8. The van der Waals surface area contributed by atoms with E-state index in [1.807, 2.05) is 44.3 Å². The van der Waals surface area contributed by atoms with Crippen LogP contribution >= 0.6 is 0 Å². The van der Waals surface area contributed by atoms with Crippen LogP contribution in [0, 0.1) is 5.92 Å². The molecule has 1 aliphatic rings. The number of rotatable bonds is 15. The topological polar surface area (TPSA) is 184 Å². The van der Waals surface area contributed by atoms with Gasteiger partial charge in [-0.25, -0.2) is 14.6 Å². The summed E-state index contributed by atoms with van der Waals surface area (Å²) in [5, 5.41) is 12.9. The first-order valence-corrected chi connectivity index (χ1v) is 19.7. The predicted octanol–water partition coefficient (Wildman–Crippen LogP) is 6.10. The molecule has 0 radical (unpaired) electrons. The molecule has 57 heavy (non-hydrogen) atoms. The van der Waals surface area contributed by atoms with E-state index in [4.69, 9.17) is 4.74 Å². The SMILES string of the molecule is CCC.COC(=O)NCC(=O)NCCCCc1ncc(-c2ccc3cc(-c4ccc(CNC(=O)C5CCCN5C(=O)C(NC(=O)OC)C(C)C)cc4)ccc3c2)[nH]1. The number of likely N-dealkylation sites (tertiary alicyclic amines) is 1. The zero-order chi connectivity index (χ0) is 41.3. The quantitative estimate of drug-likeness (QED) is 0.0897. The number of aromatic amines is 1. The first-order chi connectivity index (χ1) is 27.5. The molecule has 0 aliphatic carbocycles. The molecule has 5 N–H and O–H groups in total. The van der Waals surface area contributed by atoms with Crippen LogP contribution in [0.4, 0.5) is 9.59 Å². The van der Waals surface area contributed by atoms with Crippen LogP contribution in [-0.4, -0.2) is 90.7 Å². The molecule has 1 saturated heterocycles. The number of benzene rings is 3. The van der Waals surface area contributed by atoms with E-state index in [9.17, 15) is 24.0 Å². The molecule has 1 aliphatic heterocycles. The van der Waals surface area contributed by atoms with Gasteiger partial charge in [0.2, 0.25) is 17.7 Å². The van der Waals surface area contributed by atoms with Gasteiger partial charge in [-0.2, -0.15) is 0 Å². The second kappa shape index (κ2) is 22.0. The third-order valence-electron chi connectivity index (χ3n) is 9.50. The highest BCUT2D eigenvalue weighted by molar-refractivity contribution is 5.92. The normalized spacial score (nSPS) is 13.9. The van der Waals surface area contributed by atoms with Gasteiger partial charge in [-0.05, 0) is 71.2 Å². The standard InChI is InChI=1S/C40H49N7O7.C3H8/c1-25(2)36(46-40(52)54-4)38(50)47-19-7-8-33(47)37(49)43-22-26-10-12-27(13-11-26)28-14-15-30-21-31(17-16-29(30)20-28)32-23-42-34(45-32)9-5-6-18-41-35(48)24-44-39(51)53-3;1-3-2/h10-17,20-21,23,25,33,36H,5-9,18-19,22,24H2,1-4H3,(H,41,48)(H,42,45)(H,43,49)(H,44,51)(H,46,52);3H2,1-2H3. The Bertz CT molecular complexity index is 1960. The van der Waals surface area contributed by atoms with E-state index in [0.717, 1.165) is 63.8 Å². The number of fused-ring (bicyclic) bond motifs is 1. The summed E-state index contributed by atoms with van der Waals surface area (Å²) < 4.78 is 9.14. The Morgan fingerprint density at radius 1 is 0.842 bits per heavy atom. The van der Waals surface area contributed by atoms with Gasteiger partial charge >= 0.3 is 12.2 Å². The maximum atomic E-state index is 13.3. The van der Waals surface area contributed by atoms with E-state index in [0.29, 0.717) is 32.5 Å². The maximum Gasteiger partial charge on any atom is 0.407 e. The fraction of sp³-hybridized carbons (Fsp3) is 0.442. The van der Waals surface area contributed by atoms with Crippen molar-refractivity contribution in [1.29, 1.82) is 0 Å². The summed E-state index contributed by atoms with van der Waals surface area (Å²) in [6.07, 6.45) is 5.41. The smallest absolute Gasteiger partial charge is 0.407 e. The summed E-state index contributed by atoms with van der Waals surface area (Å²) in [7, 11) is 2.50. The van der Waals surface area contributed by atoms with Gasteiger partial charge in [0, 0.05) is 31.6 Å². The van der Waals surface area contributed by atoms with Crippen LogP contribution in [0.5, 0.6) is 0 Å². The second-order valence-corrected chi connectivity index (χ2v) is 14.3. The van der Waals surface area contributed by atoms with Crippen molar-refractivity contribution in [2.45, 2.75) is 84.8 Å². The van der Waals surface area contributed by atoms with Crippen LogP contribution in [0.15, 0.2) is 66.9 Å². The molecule has 0 bridgehead atoms. The number of aryl methyl sites for hydroxylation is 1. The summed E-state index contributed by atoms with van der Waals surface area (Å²) in [6, 6.07) is 19.4. The summed E-state index contributed by atoms with van der Waals surface area (Å²) in [4.78, 5) is 70.7. The lowest BCUT2D eigenvalue weighted by Gasteiger charge is -2.30. The molecule has 3 aromatic carbocycles. The number of aromatic nitrogens is 2. The van der Waals surface area contributed by atoms with Crippen LogP contribution in [0.25, 0.3) is 33.2 Å². The zero-order valence-electron chi connectivity index (χ0n) is 33.9. The lowest BCUT2D eigenvalue weighted by atomic mass is 9.98. The van der Waals surface area contributed by atoms with Crippen molar-refractivity contribution in [3.8, 4) is 22.4 Å². The minimum absolute atomic E-state index is 0.120. The number of ether oxygens (including phenoxy) is 2. The van der Waals surface area contributed by atoms with Crippen LogP contribution < -0.4 is 21.3 Å². The lowest BCUT2D eigenvalue weighted by molar-refractivity contribution is -0.140. The Labute approximate surface area is 334 Å². The fourth-order valence-corrected chi connectivity index (χ4v) is 6.46. The van der Waals surface area contributed by atoms with E-state index in [1.54, 1.807) is 4.90 Å². The molecule has 14 heteroatoms. The Hall–Kier alpha value is -5.92. The van der Waals surface area contributed by atoms with Gasteiger partial charge in [-0.15, -0.1) is 0 Å². The third-order valence-corrected chi connectivity index (χ3v) is 9.50. The molecule has 0 spiro atoms. The van der Waals surface area contributed by atoms with Gasteiger partial charge in [0.1, 0.15) is 17.9 Å². The van der Waals surface area contributed by atoms with Gasteiger partial charge in [0.15, 0.2) is 0 Å². The van der Waals surface area contributed by atoms with Crippen LogP contribution in [0.2, 0.25) is 0 Å². The zero-order valence-corrected chi connectivity index (χ0v) is 33.9. The molecule has 2 atom stereocenters. The molecule has 2 heterocycles. The molecule has 0 saturated carbocycles. The highest BCUT2D eigenvalue weighted by atomic mass is 16.5. The summed E-state index contributed by atoms with van der Waals surface area (Å²) >= 11 is 0. The highest BCUT2D eigenvalue weighted by Crippen LogP contribution is 2.29. The summed E-state index contributed by atoms with van der Waals surface area (Å²) in [5.74, 6) is -0.0472. The van der Waals surface area contributed by atoms with Gasteiger partial charge in [0.25, 0.3) is 0 Å². The van der Waals surface area contributed by atoms with E-state index >= 15 is 0 Å². The number of hydrogen-bond donors (Lipinski definition) is 5. The van der Waals surface area contributed by atoms with E-state index in [2.05, 4.69) is 86.2 Å². The number of carbonyl (C=O) groups is 5. The Balaban J connectivity index is 0.00000232. The number of alkyl carbamates (subject to hydrolysis) is 2. The van der Waals surface area contributed by atoms with Crippen LogP contribution in [-0.2, 0) is 36.8 Å². The number of nitrogens with one attached hydrogen (secondary N) is 5. The van der Waals surface area contributed by atoms with Crippen molar-refractivity contribution in [2.75, 3.05) is 33.9 Å². The average Bonchev–Trinajstić information content (AvgIpc) is 3.91. The van der Waals surface area contributed by atoms with Gasteiger partial charge in [-0.1, -0.05) is 82.6 Å². The second-order valence-electron chi connectivity index (χ2n) is 14.3. The molecule has 306 valence electrons. The lowest BCUT2D eigenvalue weighted by Crippen LogP contribution is -2.55. The predicted molar refractivity (Wildman–Crippen MR) is 220 cm³/mol. The Morgan fingerprint density at radius 2 is 1.49 bits per heavy atom. The molecule has 1 fully saturated rings.